The maximum absolute atomic E-state index is 6.29. The number of benzene rings is 1. The van der Waals surface area contributed by atoms with E-state index in [9.17, 15) is 0 Å². The molecule has 0 aliphatic rings. The van der Waals surface area contributed by atoms with Crippen molar-refractivity contribution in [2.75, 3.05) is 5.73 Å². The van der Waals surface area contributed by atoms with Gasteiger partial charge in [-0.15, -0.1) is 0 Å². The molecule has 0 bridgehead atoms. The van der Waals surface area contributed by atoms with Gasteiger partial charge in [-0.25, -0.2) is 4.98 Å². The fourth-order valence-corrected chi connectivity index (χ4v) is 2.80. The zero-order chi connectivity index (χ0) is 15.1. The molecule has 21 heavy (non-hydrogen) atoms. The van der Waals surface area contributed by atoms with Gasteiger partial charge in [-0.05, 0) is 45.9 Å². The lowest BCUT2D eigenvalue weighted by atomic mass is 10.1. The highest BCUT2D eigenvalue weighted by Crippen LogP contribution is 2.30. The zero-order valence-electron chi connectivity index (χ0n) is 12.9. The van der Waals surface area contributed by atoms with Crippen LogP contribution in [0.4, 0.5) is 5.82 Å². The van der Waals surface area contributed by atoms with Crippen LogP contribution in [-0.4, -0.2) is 14.5 Å². The van der Waals surface area contributed by atoms with E-state index in [1.165, 1.54) is 0 Å². The molecule has 0 radical (unpaired) electrons. The molecule has 0 aliphatic carbocycles. The molecule has 2 N–H and O–H groups in total. The number of nitrogens with zero attached hydrogens (tertiary/aromatic N) is 3. The quantitative estimate of drug-likeness (QED) is 0.775. The second kappa shape index (κ2) is 4.88. The van der Waals surface area contributed by atoms with Gasteiger partial charge in [-0.3, -0.25) is 4.98 Å². The Morgan fingerprint density at radius 1 is 1.05 bits per heavy atom. The molecular formula is C17H20N4. The zero-order valence-corrected chi connectivity index (χ0v) is 12.9. The molecule has 0 saturated carbocycles. The summed E-state index contributed by atoms with van der Waals surface area (Å²) in [7, 11) is 0. The number of hydrogen-bond donors (Lipinski definition) is 1. The van der Waals surface area contributed by atoms with E-state index >= 15 is 0 Å². The number of hydrogen-bond acceptors (Lipinski definition) is 3. The molecule has 0 saturated heterocycles. The van der Waals surface area contributed by atoms with Crippen molar-refractivity contribution in [1.82, 2.24) is 14.5 Å². The molecule has 0 fully saturated rings. The SMILES string of the molecule is Cc1ccc2cc(-c3nc(C)n(C(C)C)c3N)ccc2n1. The maximum atomic E-state index is 6.29. The molecule has 0 amide bonds. The summed E-state index contributed by atoms with van der Waals surface area (Å²) in [5.41, 5.74) is 10.2. The predicted molar refractivity (Wildman–Crippen MR) is 87.2 cm³/mol. The molecule has 0 spiro atoms. The number of nitrogen functional groups attached to an aromatic ring is 1. The van der Waals surface area contributed by atoms with Crippen molar-refractivity contribution in [3.05, 3.63) is 41.9 Å². The highest BCUT2D eigenvalue weighted by Gasteiger charge is 2.15. The average Bonchev–Trinajstić information content (AvgIpc) is 2.73. The topological polar surface area (TPSA) is 56.7 Å². The standard InChI is InChI=1S/C17H20N4/c1-10(2)21-12(4)20-16(17(21)18)14-7-8-15-13(9-14)6-5-11(3)19-15/h5-10H,18H2,1-4H3. The Labute approximate surface area is 124 Å². The fraction of sp³-hybridized carbons (Fsp3) is 0.294. The largest absolute Gasteiger partial charge is 0.383 e. The van der Waals surface area contributed by atoms with Crippen LogP contribution in [-0.2, 0) is 0 Å². The van der Waals surface area contributed by atoms with Crippen LogP contribution < -0.4 is 5.73 Å². The van der Waals surface area contributed by atoms with E-state index < -0.39 is 0 Å². The first-order chi connectivity index (χ1) is 9.97. The lowest BCUT2D eigenvalue weighted by molar-refractivity contribution is 0.590. The minimum atomic E-state index is 0.302. The summed E-state index contributed by atoms with van der Waals surface area (Å²) in [4.78, 5) is 9.17. The number of anilines is 1. The second-order valence-electron chi connectivity index (χ2n) is 5.72. The Kier molecular flexibility index (Phi) is 3.16. The van der Waals surface area contributed by atoms with Crippen LogP contribution in [0.25, 0.3) is 22.2 Å². The van der Waals surface area contributed by atoms with Crippen molar-refractivity contribution in [2.24, 2.45) is 0 Å². The Bertz CT molecular complexity index is 815. The first-order valence-electron chi connectivity index (χ1n) is 7.19. The number of pyridine rings is 1. The molecule has 108 valence electrons. The van der Waals surface area contributed by atoms with E-state index in [1.54, 1.807) is 0 Å². The van der Waals surface area contributed by atoms with E-state index in [4.69, 9.17) is 5.73 Å². The summed E-state index contributed by atoms with van der Waals surface area (Å²) in [6.45, 7) is 8.22. The van der Waals surface area contributed by atoms with Crippen molar-refractivity contribution < 1.29 is 0 Å². The van der Waals surface area contributed by atoms with E-state index in [-0.39, 0.29) is 0 Å². The third kappa shape index (κ3) is 2.27. The van der Waals surface area contributed by atoms with Gasteiger partial charge in [0.1, 0.15) is 17.3 Å². The van der Waals surface area contributed by atoms with Gasteiger partial charge < -0.3 is 10.3 Å². The summed E-state index contributed by atoms with van der Waals surface area (Å²) in [5.74, 6) is 1.67. The molecule has 2 aromatic heterocycles. The summed E-state index contributed by atoms with van der Waals surface area (Å²) in [6, 6.07) is 10.6. The molecule has 0 unspecified atom stereocenters. The lowest BCUT2D eigenvalue weighted by Crippen LogP contribution is -2.07. The summed E-state index contributed by atoms with van der Waals surface area (Å²) in [5, 5.41) is 1.11. The van der Waals surface area contributed by atoms with Crippen LogP contribution >= 0.6 is 0 Å². The predicted octanol–water partition coefficient (Wildman–Crippen LogP) is 3.88. The van der Waals surface area contributed by atoms with Crippen molar-refractivity contribution in [1.29, 1.82) is 0 Å². The number of imidazole rings is 1. The minimum Gasteiger partial charge on any atom is -0.383 e. The molecule has 3 aromatic rings. The van der Waals surface area contributed by atoms with Crippen LogP contribution in [0.3, 0.4) is 0 Å². The summed E-state index contributed by atoms with van der Waals surface area (Å²) >= 11 is 0. The highest BCUT2D eigenvalue weighted by atomic mass is 15.2. The van der Waals surface area contributed by atoms with Gasteiger partial charge in [-0.2, -0.15) is 0 Å². The van der Waals surface area contributed by atoms with Crippen molar-refractivity contribution >= 4 is 16.7 Å². The molecule has 0 atom stereocenters. The molecule has 2 heterocycles. The van der Waals surface area contributed by atoms with Gasteiger partial charge >= 0.3 is 0 Å². The van der Waals surface area contributed by atoms with Crippen LogP contribution in [0.15, 0.2) is 30.3 Å². The first-order valence-corrected chi connectivity index (χ1v) is 7.19. The van der Waals surface area contributed by atoms with E-state index in [0.717, 1.165) is 39.5 Å². The number of fused-ring (bicyclic) bond motifs is 1. The molecule has 0 aliphatic heterocycles. The molecule has 1 aromatic carbocycles. The highest BCUT2D eigenvalue weighted by molar-refractivity contribution is 5.85. The molecule has 4 nitrogen and oxygen atoms in total. The number of nitrogens with two attached hydrogens (primary N) is 1. The van der Waals surface area contributed by atoms with Crippen molar-refractivity contribution in [3.63, 3.8) is 0 Å². The monoisotopic (exact) mass is 280 g/mol. The molecular weight excluding hydrogens is 260 g/mol. The van der Waals surface area contributed by atoms with Gasteiger partial charge in [0, 0.05) is 22.7 Å². The van der Waals surface area contributed by atoms with Gasteiger partial charge in [0.25, 0.3) is 0 Å². The van der Waals surface area contributed by atoms with Gasteiger partial charge in [0.15, 0.2) is 0 Å². The van der Waals surface area contributed by atoms with Crippen LogP contribution in [0, 0.1) is 13.8 Å². The van der Waals surface area contributed by atoms with Crippen LogP contribution in [0.2, 0.25) is 0 Å². The Morgan fingerprint density at radius 2 is 1.81 bits per heavy atom. The first kappa shape index (κ1) is 13.6. The van der Waals surface area contributed by atoms with Gasteiger partial charge in [0.05, 0.1) is 5.52 Å². The van der Waals surface area contributed by atoms with Crippen LogP contribution in [0.5, 0.6) is 0 Å². The summed E-state index contributed by atoms with van der Waals surface area (Å²) < 4.78 is 2.06. The second-order valence-corrected chi connectivity index (χ2v) is 5.72. The van der Waals surface area contributed by atoms with E-state index in [0.29, 0.717) is 6.04 Å². The van der Waals surface area contributed by atoms with Crippen LogP contribution in [0.1, 0.15) is 31.4 Å². The Balaban J connectivity index is 2.17. The van der Waals surface area contributed by atoms with Gasteiger partial charge in [0.2, 0.25) is 0 Å². The van der Waals surface area contributed by atoms with E-state index in [1.807, 2.05) is 32.0 Å². The summed E-state index contributed by atoms with van der Waals surface area (Å²) in [6.07, 6.45) is 0. The smallest absolute Gasteiger partial charge is 0.131 e. The average molecular weight is 280 g/mol. The number of aromatic nitrogens is 3. The minimum absolute atomic E-state index is 0.302. The van der Waals surface area contributed by atoms with Gasteiger partial charge in [-0.1, -0.05) is 12.1 Å². The number of aryl methyl sites for hydroxylation is 2. The normalized spacial score (nSPS) is 11.5. The number of rotatable bonds is 2. The lowest BCUT2D eigenvalue weighted by Gasteiger charge is -2.11. The fourth-order valence-electron chi connectivity index (χ4n) is 2.80. The van der Waals surface area contributed by atoms with E-state index in [2.05, 4.69) is 40.5 Å². The van der Waals surface area contributed by atoms with Crippen molar-refractivity contribution in [3.8, 4) is 11.3 Å². The third-order valence-electron chi connectivity index (χ3n) is 3.74. The van der Waals surface area contributed by atoms with Crippen molar-refractivity contribution in [2.45, 2.75) is 33.7 Å². The Morgan fingerprint density at radius 3 is 2.48 bits per heavy atom. The Hall–Kier alpha value is -2.36. The third-order valence-corrected chi connectivity index (χ3v) is 3.74. The maximum Gasteiger partial charge on any atom is 0.131 e. The molecule has 4 heteroatoms. The molecule has 3 rings (SSSR count).